The fourth-order valence-electron chi connectivity index (χ4n) is 2.06. The molecule has 13 heavy (non-hydrogen) atoms. The van der Waals surface area contributed by atoms with E-state index in [-0.39, 0.29) is 0 Å². The molecule has 1 rings (SSSR count). The van der Waals surface area contributed by atoms with Gasteiger partial charge in [-0.05, 0) is 38.5 Å². The third kappa shape index (κ3) is 3.83. The Bertz CT molecular complexity index is 179. The lowest BCUT2D eigenvalue weighted by molar-refractivity contribution is 0.292. The van der Waals surface area contributed by atoms with Crippen LogP contribution >= 0.6 is 0 Å². The van der Waals surface area contributed by atoms with Crippen molar-refractivity contribution in [3.05, 3.63) is 0 Å². The highest BCUT2D eigenvalue weighted by atomic mass is 14.9. The first kappa shape index (κ1) is 10.6. The van der Waals surface area contributed by atoms with Crippen LogP contribution in [0.2, 0.25) is 0 Å². The van der Waals surface area contributed by atoms with E-state index in [9.17, 15) is 0 Å². The predicted octanol–water partition coefficient (Wildman–Crippen LogP) is 2.57. The van der Waals surface area contributed by atoms with E-state index in [1.807, 2.05) is 6.92 Å². The summed E-state index contributed by atoms with van der Waals surface area (Å²) in [7, 11) is 0. The normalized spacial score (nSPS) is 27.8. The van der Waals surface area contributed by atoms with Crippen LogP contribution < -0.4 is 5.32 Å². The first-order valence-corrected chi connectivity index (χ1v) is 5.49. The van der Waals surface area contributed by atoms with Crippen LogP contribution in [0.25, 0.3) is 0 Å². The Balaban J connectivity index is 2.12. The minimum absolute atomic E-state index is 0.739. The van der Waals surface area contributed by atoms with Crippen LogP contribution in [0.15, 0.2) is 0 Å². The quantitative estimate of drug-likeness (QED) is 0.657. The van der Waals surface area contributed by atoms with Gasteiger partial charge in [0.05, 0.1) is 6.54 Å². The van der Waals surface area contributed by atoms with E-state index < -0.39 is 0 Å². The average Bonchev–Trinajstić information content (AvgIpc) is 2.19. The minimum atomic E-state index is 0.739. The molecule has 0 bridgehead atoms. The van der Waals surface area contributed by atoms with Crippen LogP contribution in [-0.4, -0.2) is 12.6 Å². The van der Waals surface area contributed by atoms with Crippen molar-refractivity contribution in [2.45, 2.75) is 52.0 Å². The van der Waals surface area contributed by atoms with Gasteiger partial charge in [-0.25, -0.2) is 0 Å². The Labute approximate surface area is 82.3 Å². The topological polar surface area (TPSA) is 12.0 Å². The van der Waals surface area contributed by atoms with Crippen molar-refractivity contribution in [2.24, 2.45) is 5.92 Å². The Hall–Kier alpha value is -0.480. The van der Waals surface area contributed by atoms with Crippen molar-refractivity contribution >= 4 is 0 Å². The van der Waals surface area contributed by atoms with Crippen molar-refractivity contribution in [1.82, 2.24) is 5.32 Å². The number of hydrogen-bond donors (Lipinski definition) is 1. The molecular weight excluding hydrogens is 158 g/mol. The molecular formula is C12H21N. The molecule has 1 nitrogen and oxygen atoms in total. The van der Waals surface area contributed by atoms with Gasteiger partial charge in [-0.3, -0.25) is 0 Å². The summed E-state index contributed by atoms with van der Waals surface area (Å²) in [6, 6.07) is 0.739. The molecule has 1 saturated carbocycles. The summed E-state index contributed by atoms with van der Waals surface area (Å²) in [5.41, 5.74) is 0. The highest BCUT2D eigenvalue weighted by molar-refractivity contribution is 4.97. The van der Waals surface area contributed by atoms with Crippen LogP contribution in [0.3, 0.4) is 0 Å². The Morgan fingerprint density at radius 1 is 1.23 bits per heavy atom. The number of hydrogen-bond acceptors (Lipinski definition) is 1. The van der Waals surface area contributed by atoms with E-state index in [1.165, 1.54) is 32.1 Å². The summed E-state index contributed by atoms with van der Waals surface area (Å²) in [5, 5.41) is 3.49. The van der Waals surface area contributed by atoms with Gasteiger partial charge in [0.25, 0.3) is 0 Å². The molecule has 0 aromatic carbocycles. The molecule has 0 atom stereocenters. The van der Waals surface area contributed by atoms with Gasteiger partial charge in [-0.2, -0.15) is 0 Å². The number of nitrogens with one attached hydrogen (secondary N) is 1. The molecule has 1 N–H and O–H groups in total. The zero-order valence-corrected chi connectivity index (χ0v) is 8.90. The smallest absolute Gasteiger partial charge is 0.0578 e. The van der Waals surface area contributed by atoms with E-state index >= 15 is 0 Å². The van der Waals surface area contributed by atoms with Gasteiger partial charge in [0, 0.05) is 6.04 Å². The van der Waals surface area contributed by atoms with E-state index in [2.05, 4.69) is 24.1 Å². The van der Waals surface area contributed by atoms with E-state index in [1.54, 1.807) is 0 Å². The maximum Gasteiger partial charge on any atom is 0.0578 e. The molecule has 0 aliphatic heterocycles. The summed E-state index contributed by atoms with van der Waals surface area (Å²) in [4.78, 5) is 0. The van der Waals surface area contributed by atoms with Crippen molar-refractivity contribution < 1.29 is 0 Å². The van der Waals surface area contributed by atoms with Crippen LogP contribution in [0, 0.1) is 17.8 Å². The van der Waals surface area contributed by atoms with Crippen molar-refractivity contribution in [2.75, 3.05) is 6.54 Å². The summed E-state index contributed by atoms with van der Waals surface area (Å²) in [6.07, 6.45) is 6.89. The summed E-state index contributed by atoms with van der Waals surface area (Å²) in [6.45, 7) is 5.08. The summed E-state index contributed by atoms with van der Waals surface area (Å²) < 4.78 is 0. The molecule has 0 unspecified atom stereocenters. The molecule has 0 aromatic heterocycles. The van der Waals surface area contributed by atoms with Gasteiger partial charge in [-0.15, -0.1) is 5.92 Å². The van der Waals surface area contributed by atoms with Gasteiger partial charge < -0.3 is 5.32 Å². The van der Waals surface area contributed by atoms with Crippen molar-refractivity contribution in [3.8, 4) is 11.8 Å². The first-order chi connectivity index (χ1) is 6.36. The zero-order chi connectivity index (χ0) is 9.52. The van der Waals surface area contributed by atoms with E-state index in [0.717, 1.165) is 18.5 Å². The molecule has 0 spiro atoms. The minimum Gasteiger partial charge on any atom is -0.303 e. The van der Waals surface area contributed by atoms with E-state index in [0.29, 0.717) is 0 Å². The molecule has 1 heteroatoms. The second-order valence-corrected chi connectivity index (χ2v) is 3.93. The van der Waals surface area contributed by atoms with Gasteiger partial charge >= 0.3 is 0 Å². The Morgan fingerprint density at radius 2 is 1.92 bits per heavy atom. The molecule has 74 valence electrons. The molecule has 0 aromatic rings. The molecule has 0 amide bonds. The van der Waals surface area contributed by atoms with Gasteiger partial charge in [-0.1, -0.05) is 19.3 Å². The van der Waals surface area contributed by atoms with Crippen LogP contribution in [0.5, 0.6) is 0 Å². The standard InChI is InChI=1S/C12H21N/c1-3-5-10-13-12-8-6-11(4-2)7-9-12/h11-13H,4,6-10H2,1-2H3. The molecule has 0 radical (unpaired) electrons. The maximum atomic E-state index is 3.49. The van der Waals surface area contributed by atoms with Gasteiger partial charge in [0.15, 0.2) is 0 Å². The molecule has 1 fully saturated rings. The lowest BCUT2D eigenvalue weighted by atomic mass is 9.84. The fourth-order valence-corrected chi connectivity index (χ4v) is 2.06. The summed E-state index contributed by atoms with van der Waals surface area (Å²) >= 11 is 0. The predicted molar refractivity (Wildman–Crippen MR) is 57.5 cm³/mol. The first-order valence-electron chi connectivity index (χ1n) is 5.49. The van der Waals surface area contributed by atoms with Crippen LogP contribution in [0.4, 0.5) is 0 Å². The average molecular weight is 179 g/mol. The molecule has 1 aliphatic rings. The zero-order valence-electron chi connectivity index (χ0n) is 8.90. The SMILES string of the molecule is CC#CCNC1CCC(CC)CC1. The highest BCUT2D eigenvalue weighted by Gasteiger charge is 2.18. The summed E-state index contributed by atoms with van der Waals surface area (Å²) in [5.74, 6) is 6.97. The lowest BCUT2D eigenvalue weighted by Gasteiger charge is -2.27. The largest absolute Gasteiger partial charge is 0.303 e. The Morgan fingerprint density at radius 3 is 2.46 bits per heavy atom. The fraction of sp³-hybridized carbons (Fsp3) is 0.833. The molecule has 1 aliphatic carbocycles. The van der Waals surface area contributed by atoms with E-state index in [4.69, 9.17) is 0 Å². The monoisotopic (exact) mass is 179 g/mol. The molecule has 0 heterocycles. The van der Waals surface area contributed by atoms with Crippen LogP contribution in [-0.2, 0) is 0 Å². The highest BCUT2D eigenvalue weighted by Crippen LogP contribution is 2.26. The lowest BCUT2D eigenvalue weighted by Crippen LogP contribution is -2.33. The van der Waals surface area contributed by atoms with Gasteiger partial charge in [0.2, 0.25) is 0 Å². The third-order valence-electron chi connectivity index (χ3n) is 3.08. The second-order valence-electron chi connectivity index (χ2n) is 3.93. The van der Waals surface area contributed by atoms with Crippen LogP contribution in [0.1, 0.15) is 46.0 Å². The Kier molecular flexibility index (Phi) is 4.93. The molecule has 0 saturated heterocycles. The second kappa shape index (κ2) is 6.05. The van der Waals surface area contributed by atoms with Crippen molar-refractivity contribution in [3.63, 3.8) is 0 Å². The third-order valence-corrected chi connectivity index (χ3v) is 3.08. The maximum absolute atomic E-state index is 3.49. The number of rotatable bonds is 3. The van der Waals surface area contributed by atoms with Gasteiger partial charge in [0.1, 0.15) is 0 Å². The van der Waals surface area contributed by atoms with Crippen molar-refractivity contribution in [1.29, 1.82) is 0 Å².